The van der Waals surface area contributed by atoms with Crippen LogP contribution >= 0.6 is 0 Å². The Morgan fingerprint density at radius 1 is 1.31 bits per heavy atom. The van der Waals surface area contributed by atoms with Crippen molar-refractivity contribution < 1.29 is 9.47 Å². The normalized spacial score (nSPS) is 15.6. The molecule has 0 saturated carbocycles. The molecule has 3 N–H and O–H groups in total. The Kier molecular flexibility index (Phi) is 3.51. The van der Waals surface area contributed by atoms with Gasteiger partial charge in [-0.3, -0.25) is 0 Å². The first-order valence-electron chi connectivity index (χ1n) is 5.63. The zero-order valence-corrected chi connectivity index (χ0v) is 9.53. The second-order valence-electron chi connectivity index (χ2n) is 4.08. The van der Waals surface area contributed by atoms with Crippen LogP contribution in [0.5, 0.6) is 11.5 Å². The van der Waals surface area contributed by atoms with Crippen LogP contribution in [0.1, 0.15) is 6.92 Å². The van der Waals surface area contributed by atoms with Crippen molar-refractivity contribution in [2.24, 2.45) is 11.7 Å². The summed E-state index contributed by atoms with van der Waals surface area (Å²) in [5, 5.41) is 3.33. The summed E-state index contributed by atoms with van der Waals surface area (Å²) in [6, 6.07) is 5.90. The second-order valence-corrected chi connectivity index (χ2v) is 4.08. The van der Waals surface area contributed by atoms with Gasteiger partial charge in [0.05, 0.1) is 0 Å². The fraction of sp³-hybridized carbons (Fsp3) is 0.500. The molecule has 0 bridgehead atoms. The molecule has 16 heavy (non-hydrogen) atoms. The van der Waals surface area contributed by atoms with Crippen LogP contribution < -0.4 is 20.5 Å². The minimum absolute atomic E-state index is 0.466. The number of hydrogen-bond acceptors (Lipinski definition) is 4. The monoisotopic (exact) mass is 222 g/mol. The van der Waals surface area contributed by atoms with E-state index in [-0.39, 0.29) is 0 Å². The summed E-state index contributed by atoms with van der Waals surface area (Å²) < 4.78 is 11.0. The maximum atomic E-state index is 5.56. The van der Waals surface area contributed by atoms with Crippen molar-refractivity contribution in [3.05, 3.63) is 18.2 Å². The molecule has 88 valence electrons. The van der Waals surface area contributed by atoms with Gasteiger partial charge in [-0.2, -0.15) is 0 Å². The van der Waals surface area contributed by atoms with E-state index in [1.54, 1.807) is 0 Å². The molecule has 1 aliphatic heterocycles. The number of ether oxygens (including phenoxy) is 2. The van der Waals surface area contributed by atoms with Crippen LogP contribution in [-0.4, -0.2) is 26.3 Å². The molecule has 1 atom stereocenters. The van der Waals surface area contributed by atoms with Gasteiger partial charge in [-0.1, -0.05) is 6.92 Å². The van der Waals surface area contributed by atoms with Gasteiger partial charge >= 0.3 is 0 Å². The predicted octanol–water partition coefficient (Wildman–Crippen LogP) is 1.46. The Labute approximate surface area is 95.7 Å². The maximum Gasteiger partial charge on any atom is 0.163 e. The molecule has 1 aromatic rings. The van der Waals surface area contributed by atoms with Crippen molar-refractivity contribution in [1.29, 1.82) is 0 Å². The summed E-state index contributed by atoms with van der Waals surface area (Å²) in [5.74, 6) is 2.11. The molecular formula is C12H18N2O2. The average molecular weight is 222 g/mol. The molecule has 1 aliphatic rings. The molecule has 0 spiro atoms. The minimum Gasteiger partial charge on any atom is -0.486 e. The highest BCUT2D eigenvalue weighted by Gasteiger charge is 2.11. The number of hydrogen-bond donors (Lipinski definition) is 2. The van der Waals surface area contributed by atoms with Crippen molar-refractivity contribution in [2.45, 2.75) is 6.92 Å². The third-order valence-electron chi connectivity index (χ3n) is 2.60. The van der Waals surface area contributed by atoms with Crippen LogP contribution in [0.3, 0.4) is 0 Å². The van der Waals surface area contributed by atoms with Crippen molar-refractivity contribution >= 4 is 5.69 Å². The van der Waals surface area contributed by atoms with E-state index < -0.39 is 0 Å². The predicted molar refractivity (Wildman–Crippen MR) is 64.1 cm³/mol. The zero-order chi connectivity index (χ0) is 11.4. The minimum atomic E-state index is 0.466. The lowest BCUT2D eigenvalue weighted by molar-refractivity contribution is 0.171. The van der Waals surface area contributed by atoms with E-state index in [4.69, 9.17) is 15.2 Å². The number of benzene rings is 1. The van der Waals surface area contributed by atoms with Crippen LogP contribution in [0.15, 0.2) is 18.2 Å². The Morgan fingerprint density at radius 3 is 2.81 bits per heavy atom. The summed E-state index contributed by atoms with van der Waals surface area (Å²) >= 11 is 0. The SMILES string of the molecule is CC(CN)CNc1ccc2c(c1)OCCO2. The number of nitrogens with one attached hydrogen (secondary N) is 1. The van der Waals surface area contributed by atoms with Crippen LogP contribution in [0.25, 0.3) is 0 Å². The standard InChI is InChI=1S/C12H18N2O2/c1-9(7-13)8-14-10-2-3-11-12(6-10)16-5-4-15-11/h2-3,6,9,14H,4-5,7-8,13H2,1H3. The highest BCUT2D eigenvalue weighted by molar-refractivity contribution is 5.55. The van der Waals surface area contributed by atoms with E-state index in [0.29, 0.717) is 25.7 Å². The molecule has 1 aromatic carbocycles. The molecule has 1 unspecified atom stereocenters. The lowest BCUT2D eigenvalue weighted by Crippen LogP contribution is -2.20. The highest BCUT2D eigenvalue weighted by atomic mass is 16.6. The maximum absolute atomic E-state index is 5.56. The van der Waals surface area contributed by atoms with E-state index in [2.05, 4.69) is 12.2 Å². The van der Waals surface area contributed by atoms with E-state index in [1.807, 2.05) is 18.2 Å². The van der Waals surface area contributed by atoms with Gasteiger partial charge in [-0.25, -0.2) is 0 Å². The quantitative estimate of drug-likeness (QED) is 0.810. The van der Waals surface area contributed by atoms with Gasteiger partial charge in [0.15, 0.2) is 11.5 Å². The second kappa shape index (κ2) is 5.07. The fourth-order valence-corrected chi connectivity index (χ4v) is 1.53. The molecule has 0 aromatic heterocycles. The molecule has 0 aliphatic carbocycles. The number of rotatable bonds is 4. The van der Waals surface area contributed by atoms with Gasteiger partial charge in [-0.05, 0) is 24.6 Å². The molecular weight excluding hydrogens is 204 g/mol. The number of fused-ring (bicyclic) bond motifs is 1. The first-order valence-corrected chi connectivity index (χ1v) is 5.63. The van der Waals surface area contributed by atoms with E-state index in [1.165, 1.54) is 0 Å². The highest BCUT2D eigenvalue weighted by Crippen LogP contribution is 2.32. The van der Waals surface area contributed by atoms with Gasteiger partial charge in [0.2, 0.25) is 0 Å². The van der Waals surface area contributed by atoms with Crippen LogP contribution in [0, 0.1) is 5.92 Å². The van der Waals surface area contributed by atoms with Crippen LogP contribution in [0.2, 0.25) is 0 Å². The first kappa shape index (κ1) is 11.1. The van der Waals surface area contributed by atoms with Crippen molar-refractivity contribution in [3.8, 4) is 11.5 Å². The van der Waals surface area contributed by atoms with Gasteiger partial charge in [-0.15, -0.1) is 0 Å². The lowest BCUT2D eigenvalue weighted by Gasteiger charge is -2.19. The van der Waals surface area contributed by atoms with E-state index >= 15 is 0 Å². The van der Waals surface area contributed by atoms with E-state index in [9.17, 15) is 0 Å². The summed E-state index contributed by atoms with van der Waals surface area (Å²) in [4.78, 5) is 0. The van der Waals surface area contributed by atoms with Gasteiger partial charge in [0, 0.05) is 18.3 Å². The number of nitrogens with two attached hydrogens (primary N) is 1. The van der Waals surface area contributed by atoms with Gasteiger partial charge in [0.1, 0.15) is 13.2 Å². The lowest BCUT2D eigenvalue weighted by atomic mass is 10.2. The third-order valence-corrected chi connectivity index (χ3v) is 2.60. The Hall–Kier alpha value is -1.42. The molecule has 0 amide bonds. The molecule has 2 rings (SSSR count). The summed E-state index contributed by atoms with van der Waals surface area (Å²) in [7, 11) is 0. The van der Waals surface area contributed by atoms with Crippen molar-refractivity contribution in [1.82, 2.24) is 0 Å². The largest absolute Gasteiger partial charge is 0.486 e. The van der Waals surface area contributed by atoms with Gasteiger partial charge < -0.3 is 20.5 Å². The first-order chi connectivity index (χ1) is 7.79. The molecule has 1 heterocycles. The van der Waals surface area contributed by atoms with Crippen LogP contribution in [0.4, 0.5) is 5.69 Å². The average Bonchev–Trinajstić information content (AvgIpc) is 2.35. The summed E-state index contributed by atoms with van der Waals surface area (Å²) in [5.41, 5.74) is 6.61. The smallest absolute Gasteiger partial charge is 0.163 e. The van der Waals surface area contributed by atoms with Crippen molar-refractivity contribution in [3.63, 3.8) is 0 Å². The fourth-order valence-electron chi connectivity index (χ4n) is 1.53. The summed E-state index contributed by atoms with van der Waals surface area (Å²) in [6.45, 7) is 4.93. The van der Waals surface area contributed by atoms with Crippen LogP contribution in [-0.2, 0) is 0 Å². The molecule has 4 nitrogen and oxygen atoms in total. The van der Waals surface area contributed by atoms with E-state index in [0.717, 1.165) is 23.7 Å². The topological polar surface area (TPSA) is 56.5 Å². The molecule has 0 radical (unpaired) electrons. The third kappa shape index (κ3) is 2.58. The molecule has 0 fully saturated rings. The van der Waals surface area contributed by atoms with Crippen molar-refractivity contribution in [2.75, 3.05) is 31.6 Å². The zero-order valence-electron chi connectivity index (χ0n) is 9.53. The molecule has 4 heteroatoms. The number of anilines is 1. The Balaban J connectivity index is 2.00. The Bertz CT molecular complexity index is 355. The summed E-state index contributed by atoms with van der Waals surface area (Å²) in [6.07, 6.45) is 0. The molecule has 0 saturated heterocycles. The van der Waals surface area contributed by atoms with Gasteiger partial charge in [0.25, 0.3) is 0 Å². The Morgan fingerprint density at radius 2 is 2.06 bits per heavy atom.